The van der Waals surface area contributed by atoms with Crippen LogP contribution < -0.4 is 20.1 Å². The Labute approximate surface area is 155 Å². The van der Waals surface area contributed by atoms with Crippen LogP contribution >= 0.6 is 12.2 Å². The summed E-state index contributed by atoms with van der Waals surface area (Å²) in [5.74, 6) is 0.540. The van der Waals surface area contributed by atoms with Gasteiger partial charge >= 0.3 is 0 Å². The molecule has 0 saturated carbocycles. The van der Waals surface area contributed by atoms with Crippen molar-refractivity contribution in [2.45, 2.75) is 6.92 Å². The third-order valence-corrected chi connectivity index (χ3v) is 3.83. The molecule has 0 saturated heterocycles. The van der Waals surface area contributed by atoms with Crippen molar-refractivity contribution >= 4 is 34.6 Å². The second-order valence-electron chi connectivity index (χ2n) is 5.18. The Hall–Kier alpha value is -3.20. The lowest BCUT2D eigenvalue weighted by molar-refractivity contribution is -0.385. The van der Waals surface area contributed by atoms with Crippen molar-refractivity contribution in [2.75, 3.05) is 19.5 Å². The zero-order chi connectivity index (χ0) is 19.3. The summed E-state index contributed by atoms with van der Waals surface area (Å²) >= 11 is 5.14. The number of nitrogens with one attached hydrogen (secondary N) is 2. The van der Waals surface area contributed by atoms with Crippen LogP contribution in [-0.2, 0) is 0 Å². The minimum absolute atomic E-state index is 0.0318. The van der Waals surface area contributed by atoms with E-state index >= 15 is 0 Å². The average Bonchev–Trinajstić information content (AvgIpc) is 2.61. The zero-order valence-electron chi connectivity index (χ0n) is 14.4. The molecule has 2 aromatic carbocycles. The number of rotatable bonds is 5. The number of nitro groups is 1. The summed E-state index contributed by atoms with van der Waals surface area (Å²) in [7, 11) is 3.03. The predicted molar refractivity (Wildman–Crippen MR) is 101 cm³/mol. The van der Waals surface area contributed by atoms with Gasteiger partial charge in [0.2, 0.25) is 0 Å². The third-order valence-electron chi connectivity index (χ3n) is 3.63. The van der Waals surface area contributed by atoms with Gasteiger partial charge in [0.1, 0.15) is 11.5 Å². The zero-order valence-corrected chi connectivity index (χ0v) is 15.2. The average molecular weight is 375 g/mol. The SMILES string of the molecule is COc1ccc(NC(=S)NC(=O)c2cccc([N+](=O)[O-])c2C)c(OC)c1. The fraction of sp³-hybridized carbons (Fsp3) is 0.176. The molecule has 0 spiro atoms. The van der Waals surface area contributed by atoms with Gasteiger partial charge in [0.05, 0.1) is 24.8 Å². The molecule has 136 valence electrons. The number of benzene rings is 2. The van der Waals surface area contributed by atoms with Gasteiger partial charge in [-0.25, -0.2) is 0 Å². The maximum absolute atomic E-state index is 12.4. The summed E-state index contributed by atoms with van der Waals surface area (Å²) in [6.07, 6.45) is 0. The fourth-order valence-corrected chi connectivity index (χ4v) is 2.50. The third kappa shape index (κ3) is 4.25. The first-order chi connectivity index (χ1) is 12.4. The molecule has 26 heavy (non-hydrogen) atoms. The Morgan fingerprint density at radius 1 is 1.19 bits per heavy atom. The Morgan fingerprint density at radius 3 is 2.54 bits per heavy atom. The minimum atomic E-state index is -0.545. The molecule has 0 aliphatic carbocycles. The van der Waals surface area contributed by atoms with Gasteiger partial charge in [-0.15, -0.1) is 0 Å². The van der Waals surface area contributed by atoms with Gasteiger partial charge in [0.25, 0.3) is 11.6 Å². The first-order valence-corrected chi connectivity index (χ1v) is 7.86. The summed E-state index contributed by atoms with van der Waals surface area (Å²) < 4.78 is 10.4. The highest BCUT2D eigenvalue weighted by Gasteiger charge is 2.19. The molecule has 0 fully saturated rings. The number of thiocarbonyl (C=S) groups is 1. The first-order valence-electron chi connectivity index (χ1n) is 7.45. The van der Waals surface area contributed by atoms with Crippen molar-refractivity contribution in [1.29, 1.82) is 0 Å². The Kier molecular flexibility index (Phi) is 6.07. The number of nitro benzene ring substituents is 1. The molecule has 0 radical (unpaired) electrons. The van der Waals surface area contributed by atoms with Crippen molar-refractivity contribution in [3.05, 3.63) is 57.6 Å². The van der Waals surface area contributed by atoms with Gasteiger partial charge in [-0.05, 0) is 37.3 Å². The lowest BCUT2D eigenvalue weighted by atomic mass is 10.1. The number of hydrogen-bond donors (Lipinski definition) is 2. The van der Waals surface area contributed by atoms with Crippen molar-refractivity contribution < 1.29 is 19.2 Å². The standard InChI is InChI=1S/C17H17N3O5S/c1-10-12(5-4-6-14(10)20(22)23)16(21)19-17(26)18-13-8-7-11(24-2)9-15(13)25-3/h4-9H,1-3H3,(H2,18,19,21,26). The van der Waals surface area contributed by atoms with Crippen LogP contribution in [0.25, 0.3) is 0 Å². The Bertz CT molecular complexity index is 869. The van der Waals surface area contributed by atoms with Crippen LogP contribution in [0.3, 0.4) is 0 Å². The van der Waals surface area contributed by atoms with E-state index in [0.29, 0.717) is 17.2 Å². The van der Waals surface area contributed by atoms with Crippen molar-refractivity contribution in [2.24, 2.45) is 0 Å². The van der Waals surface area contributed by atoms with E-state index in [4.69, 9.17) is 21.7 Å². The number of amides is 1. The van der Waals surface area contributed by atoms with Crippen LogP contribution in [-0.4, -0.2) is 30.2 Å². The molecule has 2 aromatic rings. The highest BCUT2D eigenvalue weighted by Crippen LogP contribution is 2.29. The van der Waals surface area contributed by atoms with Gasteiger partial charge in [0, 0.05) is 23.3 Å². The monoisotopic (exact) mass is 375 g/mol. The summed E-state index contributed by atoms with van der Waals surface area (Å²) in [6, 6.07) is 9.34. The second-order valence-corrected chi connectivity index (χ2v) is 5.59. The lowest BCUT2D eigenvalue weighted by Gasteiger charge is -2.14. The highest BCUT2D eigenvalue weighted by atomic mass is 32.1. The van der Waals surface area contributed by atoms with Gasteiger partial charge in [-0.3, -0.25) is 20.2 Å². The molecule has 0 aliphatic rings. The van der Waals surface area contributed by atoms with Crippen LogP contribution in [0.5, 0.6) is 11.5 Å². The molecular weight excluding hydrogens is 358 g/mol. The smallest absolute Gasteiger partial charge is 0.273 e. The minimum Gasteiger partial charge on any atom is -0.497 e. The molecule has 8 nitrogen and oxygen atoms in total. The molecule has 0 heterocycles. The van der Waals surface area contributed by atoms with Crippen molar-refractivity contribution in [3.63, 3.8) is 0 Å². The number of carbonyl (C=O) groups is 1. The maximum Gasteiger partial charge on any atom is 0.273 e. The topological polar surface area (TPSA) is 103 Å². The van der Waals surface area contributed by atoms with E-state index in [0.717, 1.165) is 0 Å². The van der Waals surface area contributed by atoms with Crippen molar-refractivity contribution in [1.82, 2.24) is 5.32 Å². The molecule has 2 rings (SSSR count). The van der Waals surface area contributed by atoms with Crippen LogP contribution in [0.4, 0.5) is 11.4 Å². The number of anilines is 1. The predicted octanol–water partition coefficient (Wildman–Crippen LogP) is 3.05. The Balaban J connectivity index is 2.15. The van der Waals surface area contributed by atoms with Gasteiger partial charge in [-0.1, -0.05) is 6.07 Å². The van der Waals surface area contributed by atoms with E-state index < -0.39 is 10.8 Å². The van der Waals surface area contributed by atoms with E-state index in [-0.39, 0.29) is 21.9 Å². The number of carbonyl (C=O) groups excluding carboxylic acids is 1. The van der Waals surface area contributed by atoms with E-state index in [1.165, 1.54) is 39.3 Å². The number of methoxy groups -OCH3 is 2. The Morgan fingerprint density at radius 2 is 1.92 bits per heavy atom. The van der Waals surface area contributed by atoms with Crippen molar-refractivity contribution in [3.8, 4) is 11.5 Å². The molecule has 0 bridgehead atoms. The van der Waals surface area contributed by atoms with Crippen LogP contribution in [0.2, 0.25) is 0 Å². The molecule has 9 heteroatoms. The number of hydrogen-bond acceptors (Lipinski definition) is 6. The lowest BCUT2D eigenvalue weighted by Crippen LogP contribution is -2.34. The van der Waals surface area contributed by atoms with Crippen LogP contribution in [0.1, 0.15) is 15.9 Å². The number of ether oxygens (including phenoxy) is 2. The van der Waals surface area contributed by atoms with Gasteiger partial charge in [-0.2, -0.15) is 0 Å². The molecule has 0 aliphatic heterocycles. The van der Waals surface area contributed by atoms with E-state index in [9.17, 15) is 14.9 Å². The summed E-state index contributed by atoms with van der Waals surface area (Å²) in [6.45, 7) is 1.51. The summed E-state index contributed by atoms with van der Waals surface area (Å²) in [4.78, 5) is 22.8. The van der Waals surface area contributed by atoms with Crippen LogP contribution in [0, 0.1) is 17.0 Å². The van der Waals surface area contributed by atoms with Gasteiger partial charge in [0.15, 0.2) is 5.11 Å². The van der Waals surface area contributed by atoms with Crippen LogP contribution in [0.15, 0.2) is 36.4 Å². The molecule has 0 atom stereocenters. The largest absolute Gasteiger partial charge is 0.497 e. The highest BCUT2D eigenvalue weighted by molar-refractivity contribution is 7.80. The summed E-state index contributed by atoms with van der Waals surface area (Å²) in [5, 5.41) is 16.4. The molecule has 0 aromatic heterocycles. The quantitative estimate of drug-likeness (QED) is 0.470. The first kappa shape index (κ1) is 19.1. The molecule has 0 unspecified atom stereocenters. The number of nitrogens with zero attached hydrogens (tertiary/aromatic N) is 1. The van der Waals surface area contributed by atoms with E-state index in [2.05, 4.69) is 10.6 Å². The van der Waals surface area contributed by atoms with Gasteiger partial charge < -0.3 is 14.8 Å². The van der Waals surface area contributed by atoms with E-state index in [1.807, 2.05) is 0 Å². The molecule has 1 amide bonds. The summed E-state index contributed by atoms with van der Waals surface area (Å²) in [5.41, 5.74) is 0.840. The second kappa shape index (κ2) is 8.26. The normalized spacial score (nSPS) is 9.96. The fourth-order valence-electron chi connectivity index (χ4n) is 2.29. The molecular formula is C17H17N3O5S. The van der Waals surface area contributed by atoms with E-state index in [1.54, 1.807) is 18.2 Å². The molecule has 2 N–H and O–H groups in total. The maximum atomic E-state index is 12.4.